The molecule has 94 valence electrons. The maximum Gasteiger partial charge on any atom is 0.304 e. The summed E-state index contributed by atoms with van der Waals surface area (Å²) in [4.78, 5) is 12.9. The predicted molar refractivity (Wildman–Crippen MR) is 64.6 cm³/mol. The Morgan fingerprint density at radius 3 is 2.81 bits per heavy atom. The lowest BCUT2D eigenvalue weighted by atomic mass is 10.1. The van der Waals surface area contributed by atoms with Crippen molar-refractivity contribution in [3.05, 3.63) is 0 Å². The van der Waals surface area contributed by atoms with Crippen LogP contribution in [0.5, 0.6) is 0 Å². The van der Waals surface area contributed by atoms with Crippen molar-refractivity contribution in [2.75, 3.05) is 26.2 Å². The number of hydrogen-bond acceptors (Lipinski definition) is 3. The van der Waals surface area contributed by atoms with Crippen LogP contribution in [-0.2, 0) is 4.79 Å². The molecular weight excluding hydrogens is 204 g/mol. The van der Waals surface area contributed by atoms with E-state index in [1.54, 1.807) is 0 Å². The zero-order chi connectivity index (χ0) is 12.0. The largest absolute Gasteiger partial charge is 0.481 e. The third kappa shape index (κ3) is 5.47. The van der Waals surface area contributed by atoms with Crippen molar-refractivity contribution in [2.45, 2.75) is 39.2 Å². The molecule has 1 aliphatic rings. The summed E-state index contributed by atoms with van der Waals surface area (Å²) < 4.78 is 0. The second kappa shape index (κ2) is 6.86. The smallest absolute Gasteiger partial charge is 0.304 e. The standard InChI is InChI=1S/C12H24N2O2/c1-10(2)8-14(7-5-12(15)16)9-11-4-3-6-13-11/h10-11,13H,3-9H2,1-2H3,(H,15,16). The van der Waals surface area contributed by atoms with Crippen LogP contribution in [0.1, 0.15) is 33.1 Å². The van der Waals surface area contributed by atoms with E-state index in [0.29, 0.717) is 18.5 Å². The molecule has 1 atom stereocenters. The fourth-order valence-corrected chi connectivity index (χ4v) is 2.25. The molecule has 0 aromatic carbocycles. The highest BCUT2D eigenvalue weighted by Gasteiger charge is 2.18. The van der Waals surface area contributed by atoms with Gasteiger partial charge in [-0.2, -0.15) is 0 Å². The molecule has 0 amide bonds. The highest BCUT2D eigenvalue weighted by molar-refractivity contribution is 5.66. The van der Waals surface area contributed by atoms with E-state index >= 15 is 0 Å². The molecule has 16 heavy (non-hydrogen) atoms. The van der Waals surface area contributed by atoms with Gasteiger partial charge in [0.15, 0.2) is 0 Å². The van der Waals surface area contributed by atoms with Crippen LogP contribution in [0.15, 0.2) is 0 Å². The van der Waals surface area contributed by atoms with E-state index in [0.717, 1.165) is 19.6 Å². The maximum absolute atomic E-state index is 10.6. The molecule has 4 heteroatoms. The van der Waals surface area contributed by atoms with Gasteiger partial charge in [-0.3, -0.25) is 4.79 Å². The van der Waals surface area contributed by atoms with Crippen molar-refractivity contribution in [3.63, 3.8) is 0 Å². The van der Waals surface area contributed by atoms with Crippen molar-refractivity contribution < 1.29 is 9.90 Å². The lowest BCUT2D eigenvalue weighted by molar-refractivity contribution is -0.137. The minimum atomic E-state index is -0.701. The van der Waals surface area contributed by atoms with Crippen LogP contribution in [0, 0.1) is 5.92 Å². The number of nitrogens with zero attached hydrogens (tertiary/aromatic N) is 1. The summed E-state index contributed by atoms with van der Waals surface area (Å²) in [6.07, 6.45) is 2.72. The van der Waals surface area contributed by atoms with Crippen molar-refractivity contribution in [3.8, 4) is 0 Å². The number of carboxylic acid groups (broad SMARTS) is 1. The molecule has 1 rings (SSSR count). The van der Waals surface area contributed by atoms with Crippen molar-refractivity contribution >= 4 is 5.97 Å². The van der Waals surface area contributed by atoms with Gasteiger partial charge in [-0.15, -0.1) is 0 Å². The number of nitrogens with one attached hydrogen (secondary N) is 1. The third-order valence-electron chi connectivity index (χ3n) is 2.91. The summed E-state index contributed by atoms with van der Waals surface area (Å²) in [5.41, 5.74) is 0. The first-order valence-corrected chi connectivity index (χ1v) is 6.25. The molecule has 0 aromatic heterocycles. The highest BCUT2D eigenvalue weighted by atomic mass is 16.4. The molecule has 0 aliphatic carbocycles. The van der Waals surface area contributed by atoms with Gasteiger partial charge < -0.3 is 15.3 Å². The van der Waals surface area contributed by atoms with Gasteiger partial charge >= 0.3 is 5.97 Å². The second-order valence-corrected chi connectivity index (χ2v) is 5.09. The molecule has 1 heterocycles. The summed E-state index contributed by atoms with van der Waals surface area (Å²) >= 11 is 0. The van der Waals surface area contributed by atoms with E-state index in [4.69, 9.17) is 5.11 Å². The Kier molecular flexibility index (Phi) is 5.77. The van der Waals surface area contributed by atoms with Crippen LogP contribution in [0.3, 0.4) is 0 Å². The Labute approximate surface area is 98.0 Å². The molecule has 1 aliphatic heterocycles. The summed E-state index contributed by atoms with van der Waals surface area (Å²) in [6, 6.07) is 0.563. The summed E-state index contributed by atoms with van der Waals surface area (Å²) in [7, 11) is 0. The Hall–Kier alpha value is -0.610. The minimum absolute atomic E-state index is 0.249. The molecule has 1 unspecified atom stereocenters. The van der Waals surface area contributed by atoms with Gasteiger partial charge in [-0.1, -0.05) is 13.8 Å². The van der Waals surface area contributed by atoms with Gasteiger partial charge in [0, 0.05) is 25.7 Å². The first-order chi connectivity index (χ1) is 7.58. The molecule has 0 bridgehead atoms. The molecule has 0 spiro atoms. The lowest BCUT2D eigenvalue weighted by Crippen LogP contribution is -2.40. The van der Waals surface area contributed by atoms with Crippen LogP contribution in [0.2, 0.25) is 0 Å². The summed E-state index contributed by atoms with van der Waals surface area (Å²) in [6.45, 7) is 8.12. The normalized spacial score (nSPS) is 20.9. The Morgan fingerprint density at radius 2 is 2.31 bits per heavy atom. The highest BCUT2D eigenvalue weighted by Crippen LogP contribution is 2.09. The van der Waals surface area contributed by atoms with E-state index in [1.165, 1.54) is 12.8 Å². The number of carbonyl (C=O) groups is 1. The van der Waals surface area contributed by atoms with Gasteiger partial charge in [0.2, 0.25) is 0 Å². The fraction of sp³-hybridized carbons (Fsp3) is 0.917. The average Bonchev–Trinajstić information content (AvgIpc) is 2.66. The number of carboxylic acids is 1. The van der Waals surface area contributed by atoms with Gasteiger partial charge in [0.25, 0.3) is 0 Å². The molecule has 2 N–H and O–H groups in total. The van der Waals surface area contributed by atoms with Gasteiger partial charge in [-0.05, 0) is 25.3 Å². The quantitative estimate of drug-likeness (QED) is 0.687. The van der Waals surface area contributed by atoms with E-state index in [9.17, 15) is 4.79 Å². The van der Waals surface area contributed by atoms with Crippen molar-refractivity contribution in [2.24, 2.45) is 5.92 Å². The van der Waals surface area contributed by atoms with Crippen LogP contribution in [-0.4, -0.2) is 48.2 Å². The summed E-state index contributed by atoms with van der Waals surface area (Å²) in [5, 5.41) is 12.2. The molecule has 0 aromatic rings. The van der Waals surface area contributed by atoms with Crippen molar-refractivity contribution in [1.82, 2.24) is 10.2 Å². The topological polar surface area (TPSA) is 52.6 Å². The first kappa shape index (κ1) is 13.5. The van der Waals surface area contributed by atoms with E-state index < -0.39 is 5.97 Å². The maximum atomic E-state index is 10.6. The first-order valence-electron chi connectivity index (χ1n) is 6.25. The van der Waals surface area contributed by atoms with Crippen molar-refractivity contribution in [1.29, 1.82) is 0 Å². The Morgan fingerprint density at radius 1 is 1.56 bits per heavy atom. The van der Waals surface area contributed by atoms with E-state index in [1.807, 2.05) is 0 Å². The Balaban J connectivity index is 2.32. The fourth-order valence-electron chi connectivity index (χ4n) is 2.25. The lowest BCUT2D eigenvalue weighted by Gasteiger charge is -2.26. The average molecular weight is 228 g/mol. The van der Waals surface area contributed by atoms with E-state index in [2.05, 4.69) is 24.1 Å². The third-order valence-corrected chi connectivity index (χ3v) is 2.91. The van der Waals surface area contributed by atoms with Crippen LogP contribution in [0.4, 0.5) is 0 Å². The van der Waals surface area contributed by atoms with Crippen LogP contribution < -0.4 is 5.32 Å². The molecule has 0 radical (unpaired) electrons. The Bertz CT molecular complexity index is 213. The second-order valence-electron chi connectivity index (χ2n) is 5.09. The van der Waals surface area contributed by atoms with Gasteiger partial charge in [0.1, 0.15) is 0 Å². The minimum Gasteiger partial charge on any atom is -0.481 e. The number of aliphatic carboxylic acids is 1. The monoisotopic (exact) mass is 228 g/mol. The number of rotatable bonds is 7. The molecule has 4 nitrogen and oxygen atoms in total. The van der Waals surface area contributed by atoms with E-state index in [-0.39, 0.29) is 6.42 Å². The SMILES string of the molecule is CC(C)CN(CCC(=O)O)CC1CCCN1. The van der Waals surface area contributed by atoms with Gasteiger partial charge in [-0.25, -0.2) is 0 Å². The predicted octanol–water partition coefficient (Wildman–Crippen LogP) is 1.17. The number of hydrogen-bond donors (Lipinski definition) is 2. The van der Waals surface area contributed by atoms with Crippen LogP contribution >= 0.6 is 0 Å². The molecule has 1 saturated heterocycles. The molecular formula is C12H24N2O2. The zero-order valence-corrected chi connectivity index (χ0v) is 10.4. The van der Waals surface area contributed by atoms with Crippen LogP contribution in [0.25, 0.3) is 0 Å². The van der Waals surface area contributed by atoms with Gasteiger partial charge in [0.05, 0.1) is 6.42 Å². The zero-order valence-electron chi connectivity index (χ0n) is 10.4. The molecule has 1 fully saturated rings. The molecule has 0 saturated carbocycles. The summed E-state index contributed by atoms with van der Waals surface area (Å²) in [5.74, 6) is -0.108.